The molecule has 1 aromatic heterocycles. The molecule has 2 rings (SSSR count). The molecular weight excluding hydrogens is 412 g/mol. The third kappa shape index (κ3) is 5.41. The van der Waals surface area contributed by atoms with Crippen LogP contribution in [0.15, 0.2) is 51.1 Å². The number of rotatable bonds is 8. The van der Waals surface area contributed by atoms with Crippen molar-refractivity contribution in [3.05, 3.63) is 51.1 Å². The lowest BCUT2D eigenvalue weighted by molar-refractivity contribution is -0.131. The van der Waals surface area contributed by atoms with Crippen molar-refractivity contribution in [2.45, 2.75) is 24.8 Å². The van der Waals surface area contributed by atoms with Crippen LogP contribution in [0.25, 0.3) is 0 Å². The summed E-state index contributed by atoms with van der Waals surface area (Å²) in [6.45, 7) is 3.15. The summed E-state index contributed by atoms with van der Waals surface area (Å²) < 4.78 is 27.6. The van der Waals surface area contributed by atoms with Gasteiger partial charge in [0.2, 0.25) is 15.9 Å². The molecule has 0 atom stereocenters. The summed E-state index contributed by atoms with van der Waals surface area (Å²) in [7, 11) is -3.59. The van der Waals surface area contributed by atoms with E-state index in [1.807, 2.05) is 24.4 Å². The molecule has 8 heteroatoms. The molecule has 0 aliphatic rings. The van der Waals surface area contributed by atoms with Crippen LogP contribution in [-0.4, -0.2) is 32.3 Å². The highest BCUT2D eigenvalue weighted by Crippen LogP contribution is 2.15. The van der Waals surface area contributed by atoms with E-state index in [4.69, 9.17) is 0 Å². The largest absolute Gasteiger partial charge is 0.338 e. The minimum absolute atomic E-state index is 0.0654. The summed E-state index contributed by atoms with van der Waals surface area (Å²) >= 11 is 4.87. The van der Waals surface area contributed by atoms with Gasteiger partial charge in [0.05, 0.1) is 11.4 Å². The number of amides is 1. The smallest absolute Gasteiger partial charge is 0.240 e. The number of sulfonamides is 1. The van der Waals surface area contributed by atoms with Crippen LogP contribution in [0, 0.1) is 0 Å². The Labute approximate surface area is 154 Å². The van der Waals surface area contributed by atoms with E-state index < -0.39 is 10.0 Å². The Hall–Kier alpha value is -1.22. The van der Waals surface area contributed by atoms with Gasteiger partial charge in [-0.3, -0.25) is 4.79 Å². The van der Waals surface area contributed by atoms with E-state index in [1.165, 1.54) is 12.1 Å². The average molecular weight is 431 g/mol. The van der Waals surface area contributed by atoms with Crippen LogP contribution in [0.2, 0.25) is 0 Å². The SMILES string of the molecule is CCN(Cc1cccs1)C(=O)CCNS(=O)(=O)c1ccc(Br)cc1. The first-order valence-electron chi connectivity index (χ1n) is 7.48. The zero-order valence-electron chi connectivity index (χ0n) is 13.2. The van der Waals surface area contributed by atoms with Gasteiger partial charge in [0.25, 0.3) is 0 Å². The summed E-state index contributed by atoms with van der Waals surface area (Å²) in [6.07, 6.45) is 0.134. The van der Waals surface area contributed by atoms with Crippen molar-refractivity contribution in [3.8, 4) is 0 Å². The molecule has 0 spiro atoms. The van der Waals surface area contributed by atoms with E-state index in [-0.39, 0.29) is 23.8 Å². The fraction of sp³-hybridized carbons (Fsp3) is 0.312. The molecular formula is C16H19BrN2O3S2. The van der Waals surface area contributed by atoms with E-state index in [2.05, 4.69) is 20.7 Å². The molecule has 0 aliphatic heterocycles. The first kappa shape index (κ1) is 19.1. The molecule has 2 aromatic rings. The summed E-state index contributed by atoms with van der Waals surface area (Å²) in [5, 5.41) is 1.97. The summed E-state index contributed by atoms with van der Waals surface area (Å²) in [5.41, 5.74) is 0. The minimum Gasteiger partial charge on any atom is -0.338 e. The molecule has 1 heterocycles. The summed E-state index contributed by atoms with van der Waals surface area (Å²) in [6, 6.07) is 10.3. The maximum absolute atomic E-state index is 12.3. The summed E-state index contributed by atoms with van der Waals surface area (Å²) in [5.74, 6) is -0.0654. The number of nitrogens with zero attached hydrogens (tertiary/aromatic N) is 1. The van der Waals surface area contributed by atoms with Gasteiger partial charge in [-0.25, -0.2) is 13.1 Å². The number of hydrogen-bond acceptors (Lipinski definition) is 4. The van der Waals surface area contributed by atoms with Crippen molar-refractivity contribution in [3.63, 3.8) is 0 Å². The molecule has 24 heavy (non-hydrogen) atoms. The predicted octanol–water partition coefficient (Wildman–Crippen LogP) is 3.23. The van der Waals surface area contributed by atoms with Gasteiger partial charge in [0, 0.05) is 28.9 Å². The van der Waals surface area contributed by atoms with E-state index >= 15 is 0 Å². The third-order valence-electron chi connectivity index (χ3n) is 3.42. The number of thiophene rings is 1. The van der Waals surface area contributed by atoms with E-state index in [9.17, 15) is 13.2 Å². The Morgan fingerprint density at radius 3 is 2.54 bits per heavy atom. The lowest BCUT2D eigenvalue weighted by atomic mass is 10.3. The molecule has 1 aromatic carbocycles. The lowest BCUT2D eigenvalue weighted by Gasteiger charge is -2.20. The van der Waals surface area contributed by atoms with Gasteiger partial charge in [-0.05, 0) is 42.6 Å². The highest BCUT2D eigenvalue weighted by Gasteiger charge is 2.16. The normalized spacial score (nSPS) is 11.4. The van der Waals surface area contributed by atoms with Crippen molar-refractivity contribution in [2.24, 2.45) is 0 Å². The average Bonchev–Trinajstić information content (AvgIpc) is 3.05. The maximum Gasteiger partial charge on any atom is 0.240 e. The molecule has 5 nitrogen and oxygen atoms in total. The topological polar surface area (TPSA) is 66.5 Å². The van der Waals surface area contributed by atoms with Crippen molar-refractivity contribution < 1.29 is 13.2 Å². The molecule has 1 amide bonds. The number of carbonyl (C=O) groups is 1. The van der Waals surface area contributed by atoms with E-state index in [0.717, 1.165) is 9.35 Å². The zero-order chi connectivity index (χ0) is 17.6. The minimum atomic E-state index is -3.59. The number of halogens is 1. The number of hydrogen-bond donors (Lipinski definition) is 1. The van der Waals surface area contributed by atoms with Crippen LogP contribution >= 0.6 is 27.3 Å². The lowest BCUT2D eigenvalue weighted by Crippen LogP contribution is -2.34. The van der Waals surface area contributed by atoms with Crippen LogP contribution in [0.1, 0.15) is 18.2 Å². The van der Waals surface area contributed by atoms with Crippen molar-refractivity contribution in [1.29, 1.82) is 0 Å². The molecule has 0 unspecified atom stereocenters. The predicted molar refractivity (Wildman–Crippen MR) is 99.4 cm³/mol. The van der Waals surface area contributed by atoms with Gasteiger partial charge in [0.1, 0.15) is 0 Å². The van der Waals surface area contributed by atoms with Crippen molar-refractivity contribution in [2.75, 3.05) is 13.1 Å². The molecule has 1 N–H and O–H groups in total. The Morgan fingerprint density at radius 2 is 1.96 bits per heavy atom. The van der Waals surface area contributed by atoms with Crippen LogP contribution in [0.3, 0.4) is 0 Å². The first-order valence-corrected chi connectivity index (χ1v) is 10.6. The second kappa shape index (κ2) is 8.75. The molecule has 0 saturated carbocycles. The van der Waals surface area contributed by atoms with Crippen molar-refractivity contribution in [1.82, 2.24) is 9.62 Å². The standard InChI is InChI=1S/C16H19BrN2O3S2/c1-2-19(12-14-4-3-11-23-14)16(20)9-10-18-24(21,22)15-7-5-13(17)6-8-15/h3-8,11,18H,2,9-10,12H2,1H3. The quantitative estimate of drug-likeness (QED) is 0.698. The second-order valence-electron chi connectivity index (χ2n) is 5.09. The summed E-state index contributed by atoms with van der Waals surface area (Å²) in [4.78, 5) is 15.3. The van der Waals surface area contributed by atoms with Gasteiger partial charge in [-0.15, -0.1) is 11.3 Å². The number of carbonyl (C=O) groups excluding carboxylic acids is 1. The van der Waals surface area contributed by atoms with Crippen LogP contribution in [0.5, 0.6) is 0 Å². The van der Waals surface area contributed by atoms with Crippen LogP contribution in [0.4, 0.5) is 0 Å². The van der Waals surface area contributed by atoms with Crippen molar-refractivity contribution >= 4 is 43.2 Å². The van der Waals surface area contributed by atoms with Crippen LogP contribution in [-0.2, 0) is 21.4 Å². The van der Waals surface area contributed by atoms with Gasteiger partial charge in [-0.1, -0.05) is 22.0 Å². The van der Waals surface area contributed by atoms with Gasteiger partial charge in [-0.2, -0.15) is 0 Å². The monoisotopic (exact) mass is 430 g/mol. The third-order valence-corrected chi connectivity index (χ3v) is 6.28. The van der Waals surface area contributed by atoms with E-state index in [1.54, 1.807) is 28.4 Å². The van der Waals surface area contributed by atoms with Gasteiger partial charge < -0.3 is 4.90 Å². The second-order valence-corrected chi connectivity index (χ2v) is 8.80. The molecule has 0 saturated heterocycles. The molecule has 0 fully saturated rings. The fourth-order valence-corrected chi connectivity index (χ4v) is 4.13. The highest BCUT2D eigenvalue weighted by atomic mass is 79.9. The molecule has 0 radical (unpaired) electrons. The van der Waals surface area contributed by atoms with Crippen LogP contribution < -0.4 is 4.72 Å². The Bertz CT molecular complexity index is 759. The Kier molecular flexibility index (Phi) is 6.97. The molecule has 0 aliphatic carbocycles. The first-order chi connectivity index (χ1) is 11.4. The van der Waals surface area contributed by atoms with Gasteiger partial charge >= 0.3 is 0 Å². The molecule has 130 valence electrons. The maximum atomic E-state index is 12.3. The molecule has 0 bridgehead atoms. The Morgan fingerprint density at radius 1 is 1.25 bits per heavy atom. The van der Waals surface area contributed by atoms with Gasteiger partial charge in [0.15, 0.2) is 0 Å². The highest BCUT2D eigenvalue weighted by molar-refractivity contribution is 9.10. The number of nitrogens with one attached hydrogen (secondary N) is 1. The van der Waals surface area contributed by atoms with E-state index in [0.29, 0.717) is 13.1 Å². The zero-order valence-corrected chi connectivity index (χ0v) is 16.5. The fourth-order valence-electron chi connectivity index (χ4n) is 2.11. The Balaban J connectivity index is 1.87. The number of benzene rings is 1.